The van der Waals surface area contributed by atoms with Gasteiger partial charge < -0.3 is 4.90 Å². The molecule has 0 unspecified atom stereocenters. The lowest BCUT2D eigenvalue weighted by Gasteiger charge is -2.16. The molecule has 100 valence electrons. The maximum Gasteiger partial charge on any atom is 0.253 e. The summed E-state index contributed by atoms with van der Waals surface area (Å²) in [4.78, 5) is 13.8. The third-order valence-electron chi connectivity index (χ3n) is 2.93. The van der Waals surface area contributed by atoms with Crippen molar-refractivity contribution >= 4 is 5.91 Å². The van der Waals surface area contributed by atoms with Crippen LogP contribution in [-0.2, 0) is 13.6 Å². The number of hydrogen-bond acceptors (Lipinski definition) is 2. The predicted molar refractivity (Wildman–Crippen MR) is 70.1 cm³/mol. The molecule has 0 N–H and O–H groups in total. The van der Waals surface area contributed by atoms with Gasteiger partial charge in [-0.1, -0.05) is 0 Å². The van der Waals surface area contributed by atoms with Crippen LogP contribution in [0.3, 0.4) is 0 Å². The number of carbonyl (C=O) groups is 1. The number of carbonyl (C=O) groups excluding carboxylic acids is 1. The van der Waals surface area contributed by atoms with Crippen molar-refractivity contribution in [1.29, 1.82) is 0 Å². The first-order chi connectivity index (χ1) is 8.97. The molecule has 5 heteroatoms. The Labute approximate surface area is 111 Å². The number of hydrogen-bond donors (Lipinski definition) is 0. The first-order valence-electron chi connectivity index (χ1n) is 5.96. The topological polar surface area (TPSA) is 38.1 Å². The Morgan fingerprint density at radius 3 is 2.79 bits per heavy atom. The zero-order valence-electron chi connectivity index (χ0n) is 11.2. The van der Waals surface area contributed by atoms with Crippen molar-refractivity contribution < 1.29 is 9.18 Å². The smallest absolute Gasteiger partial charge is 0.253 e. The van der Waals surface area contributed by atoms with E-state index >= 15 is 0 Å². The Morgan fingerprint density at radius 2 is 2.21 bits per heavy atom. The molecule has 0 saturated heterocycles. The van der Waals surface area contributed by atoms with Gasteiger partial charge in [-0.25, -0.2) is 4.39 Å². The third-order valence-corrected chi connectivity index (χ3v) is 2.93. The number of amides is 1. The number of halogens is 1. The van der Waals surface area contributed by atoms with Gasteiger partial charge in [0.05, 0.1) is 6.20 Å². The lowest BCUT2D eigenvalue weighted by atomic mass is 10.1. The van der Waals surface area contributed by atoms with Crippen LogP contribution in [0.15, 0.2) is 30.6 Å². The Morgan fingerprint density at radius 1 is 1.47 bits per heavy atom. The van der Waals surface area contributed by atoms with E-state index in [4.69, 9.17) is 0 Å². The summed E-state index contributed by atoms with van der Waals surface area (Å²) in [5.74, 6) is -0.432. The fourth-order valence-corrected chi connectivity index (χ4v) is 1.90. The first-order valence-corrected chi connectivity index (χ1v) is 5.96. The van der Waals surface area contributed by atoms with Crippen molar-refractivity contribution in [2.45, 2.75) is 13.5 Å². The maximum atomic E-state index is 13.2. The lowest BCUT2D eigenvalue weighted by molar-refractivity contribution is 0.0785. The summed E-state index contributed by atoms with van der Waals surface area (Å²) >= 11 is 0. The molecule has 1 amide bonds. The molecule has 1 heterocycles. The maximum absolute atomic E-state index is 13.2. The van der Waals surface area contributed by atoms with E-state index in [2.05, 4.69) is 5.10 Å². The second-order valence-electron chi connectivity index (χ2n) is 4.65. The Kier molecular flexibility index (Phi) is 3.64. The Bertz CT molecular complexity index is 606. The molecule has 4 nitrogen and oxygen atoms in total. The van der Waals surface area contributed by atoms with E-state index in [1.54, 1.807) is 35.8 Å². The molecule has 0 atom stereocenters. The predicted octanol–water partition coefficient (Wildman–Crippen LogP) is 2.14. The van der Waals surface area contributed by atoms with Gasteiger partial charge in [0, 0.05) is 38.0 Å². The van der Waals surface area contributed by atoms with E-state index in [9.17, 15) is 9.18 Å². The van der Waals surface area contributed by atoms with E-state index in [1.807, 2.05) is 13.2 Å². The Hall–Kier alpha value is -2.17. The second kappa shape index (κ2) is 5.22. The minimum Gasteiger partial charge on any atom is -0.337 e. The average molecular weight is 261 g/mol. The second-order valence-corrected chi connectivity index (χ2v) is 4.65. The van der Waals surface area contributed by atoms with Crippen molar-refractivity contribution in [3.05, 3.63) is 53.1 Å². The van der Waals surface area contributed by atoms with Crippen molar-refractivity contribution in [3.63, 3.8) is 0 Å². The van der Waals surface area contributed by atoms with Gasteiger partial charge in [0.1, 0.15) is 5.82 Å². The van der Waals surface area contributed by atoms with Crippen LogP contribution in [0.2, 0.25) is 0 Å². The van der Waals surface area contributed by atoms with Crippen LogP contribution in [0.4, 0.5) is 4.39 Å². The summed E-state index contributed by atoms with van der Waals surface area (Å²) in [5, 5.41) is 4.06. The van der Waals surface area contributed by atoms with Gasteiger partial charge in [0.15, 0.2) is 0 Å². The van der Waals surface area contributed by atoms with Gasteiger partial charge in [-0.05, 0) is 30.7 Å². The van der Waals surface area contributed by atoms with Crippen LogP contribution >= 0.6 is 0 Å². The van der Waals surface area contributed by atoms with Gasteiger partial charge in [0.2, 0.25) is 0 Å². The number of aromatic nitrogens is 2. The molecule has 0 aliphatic rings. The fourth-order valence-electron chi connectivity index (χ4n) is 1.90. The Balaban J connectivity index is 2.12. The highest BCUT2D eigenvalue weighted by atomic mass is 19.1. The van der Waals surface area contributed by atoms with Crippen LogP contribution in [-0.4, -0.2) is 27.6 Å². The molecule has 0 aliphatic heterocycles. The molecule has 0 saturated carbocycles. The summed E-state index contributed by atoms with van der Waals surface area (Å²) in [6.45, 7) is 2.12. The highest BCUT2D eigenvalue weighted by molar-refractivity contribution is 5.94. The number of benzene rings is 1. The van der Waals surface area contributed by atoms with Crippen molar-refractivity contribution in [2.75, 3.05) is 7.05 Å². The van der Waals surface area contributed by atoms with E-state index in [1.165, 1.54) is 12.1 Å². The van der Waals surface area contributed by atoms with Crippen molar-refractivity contribution in [2.24, 2.45) is 7.05 Å². The van der Waals surface area contributed by atoms with Crippen LogP contribution in [0.1, 0.15) is 21.5 Å². The van der Waals surface area contributed by atoms with E-state index in [0.717, 1.165) is 5.56 Å². The fraction of sp³-hybridized carbons (Fsp3) is 0.286. The molecule has 1 aromatic heterocycles. The lowest BCUT2D eigenvalue weighted by Crippen LogP contribution is -2.26. The third kappa shape index (κ3) is 2.99. The van der Waals surface area contributed by atoms with Crippen LogP contribution in [0.5, 0.6) is 0 Å². The van der Waals surface area contributed by atoms with E-state index in [-0.39, 0.29) is 11.7 Å². The highest BCUT2D eigenvalue weighted by Gasteiger charge is 2.13. The molecule has 0 fully saturated rings. The average Bonchev–Trinajstić information content (AvgIpc) is 2.77. The molecule has 19 heavy (non-hydrogen) atoms. The zero-order valence-corrected chi connectivity index (χ0v) is 11.2. The van der Waals surface area contributed by atoms with Crippen LogP contribution < -0.4 is 0 Å². The van der Waals surface area contributed by atoms with Gasteiger partial charge in [-0.3, -0.25) is 9.48 Å². The molecule has 0 aliphatic carbocycles. The van der Waals surface area contributed by atoms with Crippen molar-refractivity contribution in [1.82, 2.24) is 14.7 Å². The summed E-state index contributed by atoms with van der Waals surface area (Å²) in [7, 11) is 3.54. The summed E-state index contributed by atoms with van der Waals surface area (Å²) in [5.41, 5.74) is 1.92. The molecular weight excluding hydrogens is 245 g/mol. The van der Waals surface area contributed by atoms with Crippen molar-refractivity contribution in [3.8, 4) is 0 Å². The highest BCUT2D eigenvalue weighted by Crippen LogP contribution is 2.12. The standard InChI is InChI=1S/C14H16FN3O/c1-10-6-12(4-5-13(10)15)14(19)17(2)8-11-7-16-18(3)9-11/h4-7,9H,8H2,1-3H3. The van der Waals surface area contributed by atoms with Crippen LogP contribution in [0.25, 0.3) is 0 Å². The molecule has 0 radical (unpaired) electrons. The van der Waals surface area contributed by atoms with Gasteiger partial charge in [-0.15, -0.1) is 0 Å². The quantitative estimate of drug-likeness (QED) is 0.849. The monoisotopic (exact) mass is 261 g/mol. The number of rotatable bonds is 3. The summed E-state index contributed by atoms with van der Waals surface area (Å²) in [6, 6.07) is 4.39. The normalized spacial score (nSPS) is 10.5. The van der Waals surface area contributed by atoms with Gasteiger partial charge in [-0.2, -0.15) is 5.10 Å². The summed E-state index contributed by atoms with van der Waals surface area (Å²) in [6.07, 6.45) is 3.58. The number of aryl methyl sites for hydroxylation is 2. The van der Waals surface area contributed by atoms with E-state index in [0.29, 0.717) is 17.7 Å². The summed E-state index contributed by atoms with van der Waals surface area (Å²) < 4.78 is 14.9. The zero-order chi connectivity index (χ0) is 14.0. The molecule has 0 spiro atoms. The van der Waals surface area contributed by atoms with Gasteiger partial charge in [0.25, 0.3) is 5.91 Å². The first kappa shape index (κ1) is 13.3. The molecule has 0 bridgehead atoms. The largest absolute Gasteiger partial charge is 0.337 e. The SMILES string of the molecule is Cc1cc(C(=O)N(C)Cc2cnn(C)c2)ccc1F. The molecule has 2 rings (SSSR count). The minimum absolute atomic E-state index is 0.132. The number of nitrogens with zero attached hydrogens (tertiary/aromatic N) is 3. The van der Waals surface area contributed by atoms with Gasteiger partial charge >= 0.3 is 0 Å². The van der Waals surface area contributed by atoms with Crippen LogP contribution in [0, 0.1) is 12.7 Å². The molecule has 1 aromatic carbocycles. The molecular formula is C14H16FN3O. The minimum atomic E-state index is -0.300. The molecule has 2 aromatic rings. The van der Waals surface area contributed by atoms with E-state index < -0.39 is 0 Å².